The van der Waals surface area contributed by atoms with Crippen molar-refractivity contribution in [1.29, 1.82) is 0 Å². The molecule has 0 spiro atoms. The highest BCUT2D eigenvalue weighted by molar-refractivity contribution is 5.67. The van der Waals surface area contributed by atoms with E-state index in [0.717, 1.165) is 6.42 Å². The van der Waals surface area contributed by atoms with E-state index in [1.54, 1.807) is 4.57 Å². The molecule has 0 aliphatic carbocycles. The molecule has 0 aliphatic heterocycles. The molecule has 0 radical (unpaired) electrons. The Hall–Kier alpha value is -2.36. The third kappa shape index (κ3) is 4.72. The van der Waals surface area contributed by atoms with Gasteiger partial charge in [0.15, 0.2) is 12.4 Å². The van der Waals surface area contributed by atoms with Crippen molar-refractivity contribution in [2.24, 2.45) is 0 Å². The van der Waals surface area contributed by atoms with Gasteiger partial charge in [-0.05, 0) is 18.9 Å². The molecule has 0 saturated heterocycles. The van der Waals surface area contributed by atoms with Crippen LogP contribution >= 0.6 is 0 Å². The summed E-state index contributed by atoms with van der Waals surface area (Å²) in [5.74, 6) is 0. The van der Waals surface area contributed by atoms with Crippen molar-refractivity contribution >= 4 is 6.09 Å². The predicted octanol–water partition coefficient (Wildman–Crippen LogP) is 2.29. The van der Waals surface area contributed by atoms with Crippen LogP contribution in [0.1, 0.15) is 12.5 Å². The van der Waals surface area contributed by atoms with Gasteiger partial charge in [0, 0.05) is 18.2 Å². The molecule has 1 aromatic carbocycles. The van der Waals surface area contributed by atoms with Crippen LogP contribution in [0, 0.1) is 0 Å². The Morgan fingerprint density at radius 2 is 1.80 bits per heavy atom. The molecule has 2 rings (SSSR count). The van der Waals surface area contributed by atoms with Crippen LogP contribution in [0.25, 0.3) is 0 Å². The highest BCUT2D eigenvalue weighted by atomic mass is 16.6. The van der Waals surface area contributed by atoms with Gasteiger partial charge in [0.05, 0.1) is 0 Å². The minimum Gasteiger partial charge on any atom is -0.388 e. The average Bonchev–Trinajstić information content (AvgIpc) is 2.47. The first-order chi connectivity index (χ1) is 9.74. The number of ether oxygens (including phenoxy) is 1. The molecule has 1 atom stereocenters. The summed E-state index contributed by atoms with van der Waals surface area (Å²) in [6, 6.07) is 15.8. The van der Waals surface area contributed by atoms with Gasteiger partial charge in [0.1, 0.15) is 0 Å². The quantitative estimate of drug-likeness (QED) is 0.848. The molecule has 2 aromatic rings. The fourth-order valence-electron chi connectivity index (χ4n) is 1.92. The molecule has 1 amide bonds. The van der Waals surface area contributed by atoms with Crippen LogP contribution < -0.4 is 9.88 Å². The van der Waals surface area contributed by atoms with Crippen molar-refractivity contribution in [3.8, 4) is 0 Å². The normalized spacial score (nSPS) is 11.7. The minimum absolute atomic E-state index is 0.0330. The average molecular weight is 271 g/mol. The maximum Gasteiger partial charge on any atom is 0.412 e. The number of alkyl carbamates (subject to hydrolysis) is 1. The van der Waals surface area contributed by atoms with Crippen LogP contribution in [-0.2, 0) is 17.9 Å². The lowest BCUT2D eigenvalue weighted by Crippen LogP contribution is -2.40. The molecule has 1 aromatic heterocycles. The molecule has 0 saturated carbocycles. The molecule has 1 heterocycles. The molecular formula is C16H19N2O2+. The molecular weight excluding hydrogens is 252 g/mol. The van der Waals surface area contributed by atoms with E-state index in [1.165, 1.54) is 5.56 Å². The SMILES string of the molecule is C[C@@H](Cc1ccccc1)NC(=O)OC[n+]1ccccc1. The summed E-state index contributed by atoms with van der Waals surface area (Å²) in [4.78, 5) is 11.7. The van der Waals surface area contributed by atoms with Gasteiger partial charge in [-0.3, -0.25) is 0 Å². The highest BCUT2D eigenvalue weighted by Crippen LogP contribution is 2.02. The number of benzene rings is 1. The fraction of sp³-hybridized carbons (Fsp3) is 0.250. The van der Waals surface area contributed by atoms with Gasteiger partial charge in [-0.25, -0.2) is 4.79 Å². The number of aromatic nitrogens is 1. The number of hydrogen-bond donors (Lipinski definition) is 1. The third-order valence-electron chi connectivity index (χ3n) is 2.87. The first-order valence-electron chi connectivity index (χ1n) is 6.65. The number of nitrogens with one attached hydrogen (secondary N) is 1. The Morgan fingerprint density at radius 3 is 2.50 bits per heavy atom. The van der Waals surface area contributed by atoms with Crippen LogP contribution in [0.15, 0.2) is 60.9 Å². The van der Waals surface area contributed by atoms with Crippen LogP contribution in [-0.4, -0.2) is 12.1 Å². The van der Waals surface area contributed by atoms with Crippen molar-refractivity contribution in [3.63, 3.8) is 0 Å². The first kappa shape index (κ1) is 14.1. The third-order valence-corrected chi connectivity index (χ3v) is 2.87. The number of carbonyl (C=O) groups is 1. The van der Waals surface area contributed by atoms with Crippen molar-refractivity contribution in [2.45, 2.75) is 26.1 Å². The van der Waals surface area contributed by atoms with Gasteiger partial charge in [0.25, 0.3) is 6.73 Å². The number of pyridine rings is 1. The zero-order chi connectivity index (χ0) is 14.2. The van der Waals surface area contributed by atoms with Gasteiger partial charge in [-0.2, -0.15) is 4.57 Å². The Morgan fingerprint density at radius 1 is 1.15 bits per heavy atom. The number of rotatable bonds is 5. The molecule has 4 heteroatoms. The monoisotopic (exact) mass is 271 g/mol. The summed E-state index contributed by atoms with van der Waals surface area (Å²) < 4.78 is 6.94. The molecule has 20 heavy (non-hydrogen) atoms. The number of carbonyl (C=O) groups excluding carboxylic acids is 1. The van der Waals surface area contributed by atoms with E-state index in [2.05, 4.69) is 5.32 Å². The van der Waals surface area contributed by atoms with Crippen molar-refractivity contribution < 1.29 is 14.1 Å². The molecule has 104 valence electrons. The van der Waals surface area contributed by atoms with E-state index in [-0.39, 0.29) is 12.8 Å². The van der Waals surface area contributed by atoms with E-state index in [9.17, 15) is 4.79 Å². The molecule has 1 N–H and O–H groups in total. The molecule has 0 fully saturated rings. The van der Waals surface area contributed by atoms with Crippen LogP contribution in [0.4, 0.5) is 4.79 Å². The van der Waals surface area contributed by atoms with Gasteiger partial charge >= 0.3 is 6.09 Å². The van der Waals surface area contributed by atoms with Gasteiger partial charge in [-0.1, -0.05) is 36.4 Å². The van der Waals surface area contributed by atoms with E-state index >= 15 is 0 Å². The van der Waals surface area contributed by atoms with Crippen molar-refractivity contribution in [3.05, 3.63) is 66.5 Å². The number of hydrogen-bond acceptors (Lipinski definition) is 2. The summed E-state index contributed by atoms with van der Waals surface area (Å²) in [5, 5.41) is 2.82. The van der Waals surface area contributed by atoms with Crippen LogP contribution in [0.2, 0.25) is 0 Å². The first-order valence-corrected chi connectivity index (χ1v) is 6.65. The largest absolute Gasteiger partial charge is 0.412 e. The smallest absolute Gasteiger partial charge is 0.388 e. The van der Waals surface area contributed by atoms with Gasteiger partial charge in [-0.15, -0.1) is 0 Å². The number of amides is 1. The zero-order valence-electron chi connectivity index (χ0n) is 11.5. The zero-order valence-corrected chi connectivity index (χ0v) is 11.5. The standard InChI is InChI=1S/C16H18N2O2/c1-14(12-15-8-4-2-5-9-15)17-16(19)20-13-18-10-6-3-7-11-18/h2-11,14H,12-13H2,1H3/p+1/t14-/m0/s1. The molecule has 0 bridgehead atoms. The Bertz CT molecular complexity index is 529. The van der Waals surface area contributed by atoms with Crippen LogP contribution in [0.3, 0.4) is 0 Å². The maximum atomic E-state index is 11.7. The molecule has 0 unspecified atom stereocenters. The summed E-state index contributed by atoms with van der Waals surface area (Å²) in [6.45, 7) is 2.18. The lowest BCUT2D eigenvalue weighted by molar-refractivity contribution is -0.727. The van der Waals surface area contributed by atoms with E-state index < -0.39 is 6.09 Å². The lowest BCUT2D eigenvalue weighted by Gasteiger charge is -2.13. The Labute approximate surface area is 119 Å². The summed E-state index contributed by atoms with van der Waals surface area (Å²) in [7, 11) is 0. The van der Waals surface area contributed by atoms with Crippen molar-refractivity contribution in [1.82, 2.24) is 5.32 Å². The van der Waals surface area contributed by atoms with Crippen LogP contribution in [0.5, 0.6) is 0 Å². The second kappa shape index (κ2) is 7.28. The van der Waals surface area contributed by atoms with E-state index in [0.29, 0.717) is 0 Å². The second-order valence-electron chi connectivity index (χ2n) is 4.69. The summed E-state index contributed by atoms with van der Waals surface area (Å²) in [6.07, 6.45) is 4.08. The maximum absolute atomic E-state index is 11.7. The summed E-state index contributed by atoms with van der Waals surface area (Å²) >= 11 is 0. The molecule has 0 aliphatic rings. The van der Waals surface area contributed by atoms with Crippen molar-refractivity contribution in [2.75, 3.05) is 0 Å². The predicted molar refractivity (Wildman–Crippen MR) is 75.9 cm³/mol. The Balaban J connectivity index is 1.74. The topological polar surface area (TPSA) is 42.2 Å². The van der Waals surface area contributed by atoms with Gasteiger partial charge in [0.2, 0.25) is 0 Å². The van der Waals surface area contributed by atoms with E-state index in [4.69, 9.17) is 4.74 Å². The fourth-order valence-corrected chi connectivity index (χ4v) is 1.92. The lowest BCUT2D eigenvalue weighted by atomic mass is 10.1. The Kier molecular flexibility index (Phi) is 5.12. The minimum atomic E-state index is -0.398. The van der Waals surface area contributed by atoms with E-state index in [1.807, 2.05) is 67.8 Å². The van der Waals surface area contributed by atoms with Gasteiger partial charge < -0.3 is 10.1 Å². The molecule has 4 nitrogen and oxygen atoms in total. The second-order valence-corrected chi connectivity index (χ2v) is 4.69. The highest BCUT2D eigenvalue weighted by Gasteiger charge is 2.10. The number of nitrogens with zero attached hydrogens (tertiary/aromatic N) is 1. The summed E-state index contributed by atoms with van der Waals surface area (Å²) in [5.41, 5.74) is 1.19.